The third-order valence-electron chi connectivity index (χ3n) is 2.05. The number of hydrogen-bond acceptors (Lipinski definition) is 2. The summed E-state index contributed by atoms with van der Waals surface area (Å²) in [6.45, 7) is 0. The molecule has 0 atom stereocenters. The Morgan fingerprint density at radius 2 is 2.15 bits per heavy atom. The molecule has 66 valence electrons. The molecule has 3 nitrogen and oxygen atoms in total. The van der Waals surface area contributed by atoms with Crippen LogP contribution in [0.25, 0.3) is 10.9 Å². The van der Waals surface area contributed by atoms with E-state index in [1.807, 2.05) is 30.3 Å². The predicted octanol–water partition coefficient (Wildman–Crippen LogP) is 1.62. The fourth-order valence-electron chi connectivity index (χ4n) is 1.43. The first kappa shape index (κ1) is 7.86. The van der Waals surface area contributed by atoms with Crippen molar-refractivity contribution in [3.05, 3.63) is 36.0 Å². The molecule has 0 aliphatic heterocycles. The molecule has 0 saturated carbocycles. The quantitative estimate of drug-likeness (QED) is 0.556. The van der Waals surface area contributed by atoms with Gasteiger partial charge in [0.05, 0.1) is 11.2 Å². The highest BCUT2D eigenvalue weighted by molar-refractivity contribution is 5.81. The van der Waals surface area contributed by atoms with Gasteiger partial charge in [0.15, 0.2) is 0 Å². The van der Waals surface area contributed by atoms with E-state index < -0.39 is 0 Å². The SMILES string of the molecule is O=CCc1cc2ccccc2n1O. The molecule has 2 aromatic rings. The van der Waals surface area contributed by atoms with Gasteiger partial charge < -0.3 is 10.0 Å². The first-order valence-electron chi connectivity index (χ1n) is 4.05. The molecule has 0 aliphatic carbocycles. The Labute approximate surface area is 75.2 Å². The van der Waals surface area contributed by atoms with Crippen LogP contribution in [0, 0.1) is 0 Å². The maximum Gasteiger partial charge on any atom is 0.125 e. The number of nitrogens with zero attached hydrogens (tertiary/aromatic N) is 1. The Hall–Kier alpha value is -1.77. The highest BCUT2D eigenvalue weighted by Gasteiger charge is 2.05. The van der Waals surface area contributed by atoms with E-state index in [-0.39, 0.29) is 6.42 Å². The Bertz CT molecular complexity index is 445. The van der Waals surface area contributed by atoms with E-state index in [0.717, 1.165) is 21.9 Å². The van der Waals surface area contributed by atoms with Crippen LogP contribution in [-0.2, 0) is 11.2 Å². The van der Waals surface area contributed by atoms with Crippen LogP contribution in [0.4, 0.5) is 0 Å². The molecule has 0 bridgehead atoms. The van der Waals surface area contributed by atoms with Crippen LogP contribution in [0.5, 0.6) is 0 Å². The van der Waals surface area contributed by atoms with Gasteiger partial charge in [-0.25, -0.2) is 0 Å². The van der Waals surface area contributed by atoms with E-state index >= 15 is 0 Å². The molecular weight excluding hydrogens is 166 g/mol. The molecule has 13 heavy (non-hydrogen) atoms. The molecule has 0 fully saturated rings. The topological polar surface area (TPSA) is 42.2 Å². The summed E-state index contributed by atoms with van der Waals surface area (Å²) >= 11 is 0. The van der Waals surface area contributed by atoms with Gasteiger partial charge in [0, 0.05) is 11.8 Å². The third kappa shape index (κ3) is 1.18. The van der Waals surface area contributed by atoms with Crippen molar-refractivity contribution in [1.29, 1.82) is 0 Å². The van der Waals surface area contributed by atoms with Crippen LogP contribution in [0.3, 0.4) is 0 Å². The lowest BCUT2D eigenvalue weighted by molar-refractivity contribution is -0.107. The number of carbonyl (C=O) groups excluding carboxylic acids is 1. The monoisotopic (exact) mass is 175 g/mol. The number of carbonyl (C=O) groups is 1. The van der Waals surface area contributed by atoms with Crippen molar-refractivity contribution >= 4 is 17.2 Å². The lowest BCUT2D eigenvalue weighted by atomic mass is 10.2. The first-order chi connectivity index (χ1) is 6.33. The number of aldehydes is 1. The van der Waals surface area contributed by atoms with Gasteiger partial charge in [-0.3, -0.25) is 0 Å². The lowest BCUT2D eigenvalue weighted by Gasteiger charge is -1.97. The fraction of sp³-hybridized carbons (Fsp3) is 0.100. The molecule has 2 rings (SSSR count). The molecular formula is C10H9NO2. The summed E-state index contributed by atoms with van der Waals surface area (Å²) in [5, 5.41) is 10.5. The van der Waals surface area contributed by atoms with Crippen molar-refractivity contribution in [2.45, 2.75) is 6.42 Å². The molecule has 3 heteroatoms. The van der Waals surface area contributed by atoms with Crippen LogP contribution in [-0.4, -0.2) is 16.2 Å². The van der Waals surface area contributed by atoms with Crippen molar-refractivity contribution in [3.63, 3.8) is 0 Å². The number of rotatable bonds is 2. The summed E-state index contributed by atoms with van der Waals surface area (Å²) in [6.07, 6.45) is 1.02. The van der Waals surface area contributed by atoms with Crippen LogP contribution in [0.2, 0.25) is 0 Å². The maximum absolute atomic E-state index is 10.3. The van der Waals surface area contributed by atoms with E-state index in [0.29, 0.717) is 5.69 Å². The van der Waals surface area contributed by atoms with Crippen molar-refractivity contribution in [2.75, 3.05) is 0 Å². The normalized spacial score (nSPS) is 10.5. The minimum Gasteiger partial charge on any atom is -0.428 e. The van der Waals surface area contributed by atoms with Gasteiger partial charge >= 0.3 is 0 Å². The molecule has 1 aromatic heterocycles. The zero-order valence-electron chi connectivity index (χ0n) is 6.97. The highest BCUT2D eigenvalue weighted by Crippen LogP contribution is 2.17. The van der Waals surface area contributed by atoms with E-state index in [9.17, 15) is 10.0 Å². The molecule has 0 aliphatic rings. The second-order valence-electron chi connectivity index (χ2n) is 2.88. The Kier molecular flexibility index (Phi) is 1.77. The summed E-state index contributed by atoms with van der Waals surface area (Å²) in [4.78, 5) is 10.3. The molecule has 0 amide bonds. The first-order valence-corrected chi connectivity index (χ1v) is 4.05. The summed E-state index contributed by atoms with van der Waals surface area (Å²) < 4.78 is 1.06. The standard InChI is InChI=1S/C10H9NO2/c12-6-5-9-7-8-3-1-2-4-10(8)11(9)13/h1-4,6-7,13H,5H2. The fourth-order valence-corrected chi connectivity index (χ4v) is 1.43. The largest absolute Gasteiger partial charge is 0.428 e. The van der Waals surface area contributed by atoms with Crippen LogP contribution >= 0.6 is 0 Å². The van der Waals surface area contributed by atoms with Crippen molar-refractivity contribution < 1.29 is 10.0 Å². The van der Waals surface area contributed by atoms with Gasteiger partial charge in [-0.1, -0.05) is 18.2 Å². The van der Waals surface area contributed by atoms with Gasteiger partial charge in [-0.2, -0.15) is 4.73 Å². The average Bonchev–Trinajstić information content (AvgIpc) is 2.46. The minimum atomic E-state index is 0.241. The zero-order chi connectivity index (χ0) is 9.26. The summed E-state index contributed by atoms with van der Waals surface area (Å²) in [5.41, 5.74) is 1.36. The third-order valence-corrected chi connectivity index (χ3v) is 2.05. The van der Waals surface area contributed by atoms with E-state index in [2.05, 4.69) is 0 Å². The van der Waals surface area contributed by atoms with Gasteiger partial charge in [0.1, 0.15) is 6.29 Å². The highest BCUT2D eigenvalue weighted by atomic mass is 16.5. The lowest BCUT2D eigenvalue weighted by Crippen LogP contribution is -1.97. The van der Waals surface area contributed by atoms with Gasteiger partial charge in [-0.15, -0.1) is 0 Å². The van der Waals surface area contributed by atoms with E-state index in [1.165, 1.54) is 0 Å². The number of para-hydroxylation sites is 1. The van der Waals surface area contributed by atoms with E-state index in [1.54, 1.807) is 0 Å². The second-order valence-corrected chi connectivity index (χ2v) is 2.88. The Balaban J connectivity index is 2.66. The predicted molar refractivity (Wildman–Crippen MR) is 48.9 cm³/mol. The second kappa shape index (κ2) is 2.94. The van der Waals surface area contributed by atoms with Crippen LogP contribution < -0.4 is 0 Å². The Morgan fingerprint density at radius 1 is 1.38 bits per heavy atom. The summed E-state index contributed by atoms with van der Waals surface area (Å²) in [7, 11) is 0. The van der Waals surface area contributed by atoms with Crippen molar-refractivity contribution in [3.8, 4) is 0 Å². The van der Waals surface area contributed by atoms with Gasteiger partial charge in [0.25, 0.3) is 0 Å². The Morgan fingerprint density at radius 3 is 2.85 bits per heavy atom. The van der Waals surface area contributed by atoms with Crippen LogP contribution in [0.1, 0.15) is 5.69 Å². The van der Waals surface area contributed by atoms with Crippen molar-refractivity contribution in [1.82, 2.24) is 4.73 Å². The van der Waals surface area contributed by atoms with Gasteiger partial charge in [0.2, 0.25) is 0 Å². The van der Waals surface area contributed by atoms with E-state index in [4.69, 9.17) is 0 Å². The molecule has 0 unspecified atom stereocenters. The van der Waals surface area contributed by atoms with Crippen molar-refractivity contribution in [2.24, 2.45) is 0 Å². The number of fused-ring (bicyclic) bond motifs is 1. The molecule has 0 saturated heterocycles. The maximum atomic E-state index is 10.3. The van der Waals surface area contributed by atoms with Crippen LogP contribution in [0.15, 0.2) is 30.3 Å². The molecule has 0 radical (unpaired) electrons. The number of aromatic nitrogens is 1. The minimum absolute atomic E-state index is 0.241. The van der Waals surface area contributed by atoms with Gasteiger partial charge in [-0.05, 0) is 12.1 Å². The molecule has 1 aromatic carbocycles. The molecule has 1 N–H and O–H groups in total. The summed E-state index contributed by atoms with van der Waals surface area (Å²) in [6, 6.07) is 9.26. The zero-order valence-corrected chi connectivity index (χ0v) is 6.97. The molecule has 0 spiro atoms. The molecule has 1 heterocycles. The average molecular weight is 175 g/mol. The summed E-state index contributed by atoms with van der Waals surface area (Å²) in [5.74, 6) is 0. The number of benzene rings is 1. The number of hydrogen-bond donors (Lipinski definition) is 1. The smallest absolute Gasteiger partial charge is 0.125 e.